The van der Waals surface area contributed by atoms with Crippen LogP contribution in [0, 0.1) is 5.92 Å². The van der Waals surface area contributed by atoms with Crippen molar-refractivity contribution in [3.8, 4) is 0 Å². The van der Waals surface area contributed by atoms with Gasteiger partial charge in [0.05, 0.1) is 10.8 Å². The predicted molar refractivity (Wildman–Crippen MR) is 75.9 cm³/mol. The van der Waals surface area contributed by atoms with Crippen LogP contribution in [0.4, 0.5) is 8.78 Å². The lowest BCUT2D eigenvalue weighted by Crippen LogP contribution is -2.33. The lowest BCUT2D eigenvalue weighted by molar-refractivity contribution is -0.141. The number of sulfone groups is 1. The lowest BCUT2D eigenvalue weighted by atomic mass is 10.1. The number of hydrogen-bond donors (Lipinski definition) is 2. The first-order valence-corrected chi connectivity index (χ1v) is 8.42. The Hall–Kier alpha value is -2.03. The van der Waals surface area contributed by atoms with Gasteiger partial charge in [-0.2, -0.15) is 8.78 Å². The van der Waals surface area contributed by atoms with Crippen molar-refractivity contribution in [3.05, 3.63) is 29.8 Å². The number of carbonyl (C=O) groups is 2. The molecule has 0 heterocycles. The van der Waals surface area contributed by atoms with E-state index in [-0.39, 0.29) is 11.6 Å². The maximum atomic E-state index is 12.4. The number of aliphatic carboxylic acids is 1. The van der Waals surface area contributed by atoms with Gasteiger partial charge in [0, 0.05) is 11.6 Å². The second-order valence-corrected chi connectivity index (χ2v) is 7.27. The number of alkyl halides is 2. The molecular formula is C14H15F2NO5S. The largest absolute Gasteiger partial charge is 0.481 e. The number of carboxylic acids is 1. The van der Waals surface area contributed by atoms with Crippen molar-refractivity contribution in [2.24, 2.45) is 5.92 Å². The number of carboxylic acid groups (broad SMARTS) is 1. The number of rotatable bonds is 5. The molecule has 0 spiro atoms. The molecule has 0 aromatic heterocycles. The Labute approximate surface area is 131 Å². The maximum Gasteiger partial charge on any atom is 0.341 e. The van der Waals surface area contributed by atoms with E-state index in [2.05, 4.69) is 5.32 Å². The average molecular weight is 347 g/mol. The summed E-state index contributed by atoms with van der Waals surface area (Å²) >= 11 is 0. The van der Waals surface area contributed by atoms with E-state index in [1.807, 2.05) is 0 Å². The Balaban J connectivity index is 2.03. The molecule has 1 aromatic carbocycles. The summed E-state index contributed by atoms with van der Waals surface area (Å²) < 4.78 is 47.4. The molecule has 1 amide bonds. The Bertz CT molecular complexity index is 702. The Morgan fingerprint density at radius 1 is 1.17 bits per heavy atom. The molecule has 1 aliphatic carbocycles. The van der Waals surface area contributed by atoms with Crippen LogP contribution in [0.15, 0.2) is 29.2 Å². The Morgan fingerprint density at radius 3 is 2.26 bits per heavy atom. The van der Waals surface area contributed by atoms with E-state index in [9.17, 15) is 26.8 Å². The first-order chi connectivity index (χ1) is 10.7. The Kier molecular flexibility index (Phi) is 4.98. The summed E-state index contributed by atoms with van der Waals surface area (Å²) in [4.78, 5) is 22.3. The minimum absolute atomic E-state index is 0.122. The standard InChI is InChI=1S/C14H15F2NO5S/c15-14(16)23(21,22)11-5-2-8(3-6-11)12(18)17-10-4-1-9(7-10)13(19)20/h2-3,5-6,9-10,14H,1,4,7H2,(H,17,18)(H,19,20)/t9-,10+/m1/s1. The lowest BCUT2D eigenvalue weighted by Gasteiger charge is -2.12. The van der Waals surface area contributed by atoms with E-state index in [0.29, 0.717) is 19.3 Å². The number of nitrogens with one attached hydrogen (secondary N) is 1. The van der Waals surface area contributed by atoms with E-state index in [1.165, 1.54) is 0 Å². The van der Waals surface area contributed by atoms with Crippen molar-refractivity contribution >= 4 is 21.7 Å². The fourth-order valence-corrected chi connectivity index (χ4v) is 3.23. The van der Waals surface area contributed by atoms with Crippen LogP contribution in [0.2, 0.25) is 0 Å². The van der Waals surface area contributed by atoms with Crippen molar-refractivity contribution in [2.45, 2.75) is 36.0 Å². The van der Waals surface area contributed by atoms with Crippen LogP contribution >= 0.6 is 0 Å². The molecule has 0 aliphatic heterocycles. The number of hydrogen-bond acceptors (Lipinski definition) is 4. The zero-order chi connectivity index (χ0) is 17.2. The van der Waals surface area contributed by atoms with Crippen LogP contribution in [0.3, 0.4) is 0 Å². The minimum Gasteiger partial charge on any atom is -0.481 e. The fraction of sp³-hybridized carbons (Fsp3) is 0.429. The van der Waals surface area contributed by atoms with Crippen molar-refractivity contribution in [2.75, 3.05) is 0 Å². The SMILES string of the molecule is O=C(N[C@H]1CC[C@@H](C(=O)O)C1)c1ccc(S(=O)(=O)C(F)F)cc1. The van der Waals surface area contributed by atoms with Gasteiger partial charge in [0.1, 0.15) is 0 Å². The van der Waals surface area contributed by atoms with Crippen molar-refractivity contribution < 1.29 is 31.9 Å². The van der Waals surface area contributed by atoms with Crippen LogP contribution in [0.25, 0.3) is 0 Å². The molecule has 1 aromatic rings. The van der Waals surface area contributed by atoms with E-state index in [4.69, 9.17) is 5.11 Å². The maximum absolute atomic E-state index is 12.4. The fourth-order valence-electron chi connectivity index (χ4n) is 2.50. The van der Waals surface area contributed by atoms with Gasteiger partial charge in [-0.3, -0.25) is 9.59 Å². The van der Waals surface area contributed by atoms with Gasteiger partial charge in [-0.1, -0.05) is 0 Å². The molecule has 9 heteroatoms. The summed E-state index contributed by atoms with van der Waals surface area (Å²) in [6.07, 6.45) is 1.35. The first kappa shape index (κ1) is 17.3. The number of benzene rings is 1. The van der Waals surface area contributed by atoms with E-state index in [1.54, 1.807) is 0 Å². The van der Waals surface area contributed by atoms with Crippen molar-refractivity contribution in [1.29, 1.82) is 0 Å². The first-order valence-electron chi connectivity index (χ1n) is 6.87. The topological polar surface area (TPSA) is 101 Å². The normalized spacial score (nSPS) is 21.3. The van der Waals surface area contributed by atoms with Gasteiger partial charge in [-0.05, 0) is 43.5 Å². The van der Waals surface area contributed by atoms with Gasteiger partial charge in [0.2, 0.25) is 9.84 Å². The summed E-state index contributed by atoms with van der Waals surface area (Å²) in [6.45, 7) is 0. The van der Waals surface area contributed by atoms with Gasteiger partial charge in [0.15, 0.2) is 0 Å². The third-order valence-electron chi connectivity index (χ3n) is 3.80. The Morgan fingerprint density at radius 2 is 1.78 bits per heavy atom. The smallest absolute Gasteiger partial charge is 0.341 e. The average Bonchev–Trinajstić information content (AvgIpc) is 2.96. The van der Waals surface area contributed by atoms with Crippen LogP contribution < -0.4 is 5.32 Å². The number of carbonyl (C=O) groups excluding carboxylic acids is 1. The van der Waals surface area contributed by atoms with Crippen LogP contribution in [-0.2, 0) is 14.6 Å². The zero-order valence-electron chi connectivity index (χ0n) is 11.9. The number of amides is 1. The molecule has 0 unspecified atom stereocenters. The van der Waals surface area contributed by atoms with Gasteiger partial charge < -0.3 is 10.4 Å². The molecule has 6 nitrogen and oxygen atoms in total. The predicted octanol–water partition coefficient (Wildman–Crippen LogP) is 1.67. The van der Waals surface area contributed by atoms with Gasteiger partial charge >= 0.3 is 11.7 Å². The minimum atomic E-state index is -4.69. The quantitative estimate of drug-likeness (QED) is 0.844. The van der Waals surface area contributed by atoms with E-state index < -0.39 is 38.3 Å². The molecule has 2 N–H and O–H groups in total. The highest BCUT2D eigenvalue weighted by atomic mass is 32.2. The second kappa shape index (κ2) is 6.61. The third-order valence-corrected chi connectivity index (χ3v) is 5.20. The van der Waals surface area contributed by atoms with Gasteiger partial charge in [0.25, 0.3) is 5.91 Å². The third kappa shape index (κ3) is 3.84. The summed E-state index contributed by atoms with van der Waals surface area (Å²) in [6, 6.07) is 3.92. The molecular weight excluding hydrogens is 332 g/mol. The van der Waals surface area contributed by atoms with Gasteiger partial charge in [-0.15, -0.1) is 0 Å². The molecule has 23 heavy (non-hydrogen) atoms. The van der Waals surface area contributed by atoms with Crippen LogP contribution in [0.5, 0.6) is 0 Å². The monoisotopic (exact) mass is 347 g/mol. The van der Waals surface area contributed by atoms with Crippen molar-refractivity contribution in [3.63, 3.8) is 0 Å². The highest BCUT2D eigenvalue weighted by Crippen LogP contribution is 2.26. The summed E-state index contributed by atoms with van der Waals surface area (Å²) in [5, 5.41) is 11.6. The molecule has 1 aliphatic rings. The van der Waals surface area contributed by atoms with E-state index >= 15 is 0 Å². The molecule has 0 radical (unpaired) electrons. The molecule has 1 saturated carbocycles. The summed E-state index contributed by atoms with van der Waals surface area (Å²) in [5.41, 5.74) is 0.122. The molecule has 1 fully saturated rings. The molecule has 0 saturated heterocycles. The highest BCUT2D eigenvalue weighted by Gasteiger charge is 2.31. The van der Waals surface area contributed by atoms with Gasteiger partial charge in [-0.25, -0.2) is 8.42 Å². The molecule has 2 rings (SSSR count). The zero-order valence-corrected chi connectivity index (χ0v) is 12.7. The van der Waals surface area contributed by atoms with Crippen molar-refractivity contribution in [1.82, 2.24) is 5.32 Å². The number of halogens is 2. The molecule has 126 valence electrons. The second-order valence-electron chi connectivity index (χ2n) is 5.35. The molecule has 2 atom stereocenters. The van der Waals surface area contributed by atoms with Crippen LogP contribution in [0.1, 0.15) is 29.6 Å². The summed E-state index contributed by atoms with van der Waals surface area (Å²) in [5.74, 6) is -5.40. The summed E-state index contributed by atoms with van der Waals surface area (Å²) in [7, 11) is -4.69. The van der Waals surface area contributed by atoms with E-state index in [0.717, 1.165) is 24.3 Å². The highest BCUT2D eigenvalue weighted by molar-refractivity contribution is 7.91. The van der Waals surface area contributed by atoms with Crippen LogP contribution in [-0.4, -0.2) is 37.2 Å². The molecule has 0 bridgehead atoms.